The summed E-state index contributed by atoms with van der Waals surface area (Å²) in [6.07, 6.45) is -0.153. The number of hydrogen-bond donors (Lipinski definition) is 1. The number of amides is 4. The Kier molecular flexibility index (Phi) is 8.65. The number of rotatable bonds is 8. The normalized spacial score (nSPS) is 14.7. The van der Waals surface area contributed by atoms with Gasteiger partial charge >= 0.3 is 0 Å². The lowest BCUT2D eigenvalue weighted by molar-refractivity contribution is -0.136. The summed E-state index contributed by atoms with van der Waals surface area (Å²) in [6.45, 7) is 7.15. The SMILES string of the molecule is CC(=O)Nc1ccc(N2C(=O)CC(N(Cc3ccccc3)C(=O)CSc3nc(C)c(C)c(C)c3C#N)C2=O)cc1. The predicted octanol–water partition coefficient (Wildman–Crippen LogP) is 4.29. The molecule has 1 aromatic heterocycles. The highest BCUT2D eigenvalue weighted by Crippen LogP contribution is 2.30. The van der Waals surface area contributed by atoms with Gasteiger partial charge in [-0.3, -0.25) is 19.2 Å². The monoisotopic (exact) mass is 555 g/mol. The minimum Gasteiger partial charge on any atom is -0.326 e. The van der Waals surface area contributed by atoms with E-state index in [-0.39, 0.29) is 30.5 Å². The molecule has 4 amide bonds. The quantitative estimate of drug-likeness (QED) is 0.325. The number of nitrogens with one attached hydrogen (secondary N) is 1. The number of benzene rings is 2. The van der Waals surface area contributed by atoms with E-state index in [1.807, 2.05) is 51.1 Å². The van der Waals surface area contributed by atoms with Crippen molar-refractivity contribution in [2.75, 3.05) is 16.0 Å². The van der Waals surface area contributed by atoms with Gasteiger partial charge in [-0.05, 0) is 61.7 Å². The Morgan fingerprint density at radius 1 is 1.07 bits per heavy atom. The fraction of sp³-hybridized carbons (Fsp3) is 0.267. The lowest BCUT2D eigenvalue weighted by Crippen LogP contribution is -2.45. The zero-order chi connectivity index (χ0) is 29.0. The number of aryl methyl sites for hydroxylation is 1. The molecule has 0 radical (unpaired) electrons. The van der Waals surface area contributed by atoms with E-state index in [0.29, 0.717) is 22.0 Å². The number of thioether (sulfide) groups is 1. The van der Waals surface area contributed by atoms with Gasteiger partial charge in [0.05, 0.1) is 23.4 Å². The fourth-order valence-corrected chi connectivity index (χ4v) is 5.51. The molecule has 1 aliphatic rings. The predicted molar refractivity (Wildman–Crippen MR) is 153 cm³/mol. The minimum atomic E-state index is -0.985. The number of pyridine rings is 1. The average molecular weight is 556 g/mol. The highest BCUT2D eigenvalue weighted by molar-refractivity contribution is 8.00. The number of nitrogens with zero attached hydrogens (tertiary/aromatic N) is 4. The van der Waals surface area contributed by atoms with Crippen molar-refractivity contribution in [1.82, 2.24) is 9.88 Å². The van der Waals surface area contributed by atoms with Crippen LogP contribution < -0.4 is 10.2 Å². The highest BCUT2D eigenvalue weighted by atomic mass is 32.2. The molecule has 2 heterocycles. The smallest absolute Gasteiger partial charge is 0.257 e. The van der Waals surface area contributed by atoms with Crippen LogP contribution in [0.25, 0.3) is 0 Å². The van der Waals surface area contributed by atoms with Crippen LogP contribution in [0.1, 0.15) is 41.3 Å². The van der Waals surface area contributed by atoms with E-state index in [9.17, 15) is 24.4 Å². The third kappa shape index (κ3) is 6.05. The molecule has 2 aromatic carbocycles. The van der Waals surface area contributed by atoms with Crippen LogP contribution in [-0.2, 0) is 25.7 Å². The second-order valence-electron chi connectivity index (χ2n) is 9.55. The Hall–Kier alpha value is -4.49. The Morgan fingerprint density at radius 2 is 1.75 bits per heavy atom. The van der Waals surface area contributed by atoms with Crippen molar-refractivity contribution < 1.29 is 19.2 Å². The molecular weight excluding hydrogens is 526 g/mol. The van der Waals surface area contributed by atoms with Gasteiger partial charge in [0.15, 0.2) is 0 Å². The zero-order valence-electron chi connectivity index (χ0n) is 22.7. The lowest BCUT2D eigenvalue weighted by atomic mass is 10.1. The molecule has 1 fully saturated rings. The number of carbonyl (C=O) groups excluding carboxylic acids is 4. The van der Waals surface area contributed by atoms with E-state index in [0.717, 1.165) is 39.0 Å². The van der Waals surface area contributed by atoms with Crippen molar-refractivity contribution in [2.24, 2.45) is 0 Å². The molecule has 3 aromatic rings. The Morgan fingerprint density at radius 3 is 2.38 bits per heavy atom. The maximum atomic E-state index is 13.7. The second kappa shape index (κ2) is 12.1. The van der Waals surface area contributed by atoms with Crippen LogP contribution in [0.5, 0.6) is 0 Å². The van der Waals surface area contributed by atoms with E-state index in [2.05, 4.69) is 16.4 Å². The molecule has 1 atom stereocenters. The van der Waals surface area contributed by atoms with E-state index in [4.69, 9.17) is 0 Å². The summed E-state index contributed by atoms with van der Waals surface area (Å²) in [6, 6.07) is 16.9. The summed E-state index contributed by atoms with van der Waals surface area (Å²) in [5, 5.41) is 12.8. The zero-order valence-corrected chi connectivity index (χ0v) is 23.5. The molecule has 10 heteroatoms. The number of imide groups is 1. The van der Waals surface area contributed by atoms with E-state index >= 15 is 0 Å². The van der Waals surface area contributed by atoms with Crippen molar-refractivity contribution in [1.29, 1.82) is 5.26 Å². The van der Waals surface area contributed by atoms with Gasteiger partial charge in [-0.1, -0.05) is 42.1 Å². The van der Waals surface area contributed by atoms with Crippen molar-refractivity contribution in [2.45, 2.75) is 51.7 Å². The van der Waals surface area contributed by atoms with Gasteiger partial charge < -0.3 is 10.2 Å². The first-order valence-electron chi connectivity index (χ1n) is 12.7. The number of nitriles is 1. The van der Waals surface area contributed by atoms with E-state index in [1.54, 1.807) is 24.3 Å². The summed E-state index contributed by atoms with van der Waals surface area (Å²) in [5.74, 6) is -1.55. The molecule has 0 saturated carbocycles. The van der Waals surface area contributed by atoms with Crippen LogP contribution in [0, 0.1) is 32.1 Å². The molecule has 40 heavy (non-hydrogen) atoms. The summed E-state index contributed by atoms with van der Waals surface area (Å²) in [7, 11) is 0. The Labute approximate surface area is 237 Å². The van der Waals surface area contributed by atoms with Gasteiger partial charge in [0.25, 0.3) is 5.91 Å². The molecule has 1 N–H and O–H groups in total. The second-order valence-corrected chi connectivity index (χ2v) is 10.5. The Balaban J connectivity index is 1.59. The van der Waals surface area contributed by atoms with Crippen molar-refractivity contribution >= 4 is 46.8 Å². The van der Waals surface area contributed by atoms with Crippen molar-refractivity contribution in [3.63, 3.8) is 0 Å². The van der Waals surface area contributed by atoms with Gasteiger partial charge in [0.1, 0.15) is 17.1 Å². The fourth-order valence-electron chi connectivity index (χ4n) is 4.54. The highest BCUT2D eigenvalue weighted by Gasteiger charge is 2.44. The van der Waals surface area contributed by atoms with Gasteiger partial charge in [-0.25, -0.2) is 9.88 Å². The van der Waals surface area contributed by atoms with E-state index < -0.39 is 17.9 Å². The van der Waals surface area contributed by atoms with Crippen LogP contribution in [-0.4, -0.2) is 45.3 Å². The molecule has 0 spiro atoms. The number of anilines is 2. The Bertz CT molecular complexity index is 1520. The lowest BCUT2D eigenvalue weighted by Gasteiger charge is -2.28. The largest absolute Gasteiger partial charge is 0.326 e. The first-order valence-corrected chi connectivity index (χ1v) is 13.7. The maximum absolute atomic E-state index is 13.7. The molecule has 1 saturated heterocycles. The molecule has 0 bridgehead atoms. The van der Waals surface area contributed by atoms with Crippen LogP contribution in [0.15, 0.2) is 59.6 Å². The third-order valence-corrected chi connectivity index (χ3v) is 7.83. The van der Waals surface area contributed by atoms with Gasteiger partial charge in [-0.2, -0.15) is 5.26 Å². The molecule has 204 valence electrons. The molecule has 1 aliphatic heterocycles. The first kappa shape index (κ1) is 28.5. The van der Waals surface area contributed by atoms with Crippen LogP contribution in [0.3, 0.4) is 0 Å². The third-order valence-electron chi connectivity index (χ3n) is 6.87. The number of carbonyl (C=O) groups is 4. The maximum Gasteiger partial charge on any atom is 0.257 e. The molecule has 0 aliphatic carbocycles. The first-order chi connectivity index (χ1) is 19.1. The summed E-state index contributed by atoms with van der Waals surface area (Å²) in [5.41, 5.74) is 4.68. The molecule has 4 rings (SSSR count). The molecular formula is C30H29N5O4S. The van der Waals surface area contributed by atoms with Crippen LogP contribution in [0.4, 0.5) is 11.4 Å². The summed E-state index contributed by atoms with van der Waals surface area (Å²) in [4.78, 5) is 58.7. The molecule has 1 unspecified atom stereocenters. The van der Waals surface area contributed by atoms with Gasteiger partial charge in [0, 0.05) is 24.8 Å². The average Bonchev–Trinajstić information content (AvgIpc) is 3.23. The van der Waals surface area contributed by atoms with Crippen molar-refractivity contribution in [3.05, 3.63) is 82.5 Å². The van der Waals surface area contributed by atoms with Crippen molar-refractivity contribution in [3.8, 4) is 6.07 Å². The molecule has 9 nitrogen and oxygen atoms in total. The summed E-state index contributed by atoms with van der Waals surface area (Å²) >= 11 is 1.15. The standard InChI is InChI=1S/C30H29N5O4S/c1-18-19(2)25(15-31)29(32-20(18)3)40-17-28(38)34(16-22-8-6-5-7-9-22)26-14-27(37)35(30(26)39)24-12-10-23(11-13-24)33-21(4)36/h5-13,26H,14,16-17H2,1-4H3,(H,33,36). The van der Waals surface area contributed by atoms with Crippen LogP contribution >= 0.6 is 11.8 Å². The van der Waals surface area contributed by atoms with E-state index in [1.165, 1.54) is 11.8 Å². The number of aromatic nitrogens is 1. The summed E-state index contributed by atoms with van der Waals surface area (Å²) < 4.78 is 0. The minimum absolute atomic E-state index is 0.0557. The van der Waals surface area contributed by atoms with Crippen LogP contribution in [0.2, 0.25) is 0 Å². The topological polar surface area (TPSA) is 123 Å². The van der Waals surface area contributed by atoms with Gasteiger partial charge in [0.2, 0.25) is 17.7 Å². The number of hydrogen-bond acceptors (Lipinski definition) is 7. The van der Waals surface area contributed by atoms with Gasteiger partial charge in [-0.15, -0.1) is 0 Å².